The first-order chi connectivity index (χ1) is 9.54. The van der Waals surface area contributed by atoms with Gasteiger partial charge in [-0.2, -0.15) is 0 Å². The molecule has 0 bridgehead atoms. The molecule has 2 aromatic rings. The van der Waals surface area contributed by atoms with Crippen LogP contribution in [-0.4, -0.2) is 12.5 Å². The van der Waals surface area contributed by atoms with Crippen molar-refractivity contribution in [2.24, 2.45) is 0 Å². The summed E-state index contributed by atoms with van der Waals surface area (Å²) in [5, 5.41) is 3.65. The van der Waals surface area contributed by atoms with Crippen LogP contribution in [-0.2, 0) is 4.79 Å². The molecule has 0 spiro atoms. The van der Waals surface area contributed by atoms with E-state index in [4.69, 9.17) is 33.7 Å². The molecule has 20 heavy (non-hydrogen) atoms. The van der Waals surface area contributed by atoms with Crippen LogP contribution in [0, 0.1) is 0 Å². The maximum Gasteiger partial charge on any atom is 0.262 e. The molecule has 0 saturated heterocycles. The summed E-state index contributed by atoms with van der Waals surface area (Å²) in [6.07, 6.45) is 0. The quantitative estimate of drug-likeness (QED) is 0.848. The van der Waals surface area contributed by atoms with Crippen LogP contribution < -0.4 is 15.8 Å². The molecular weight excluding hydrogens is 299 g/mol. The molecular formula is C14H12Cl2N2O2. The second-order valence-corrected chi connectivity index (χ2v) is 4.88. The number of hydrogen-bond donors (Lipinski definition) is 2. The molecule has 3 N–H and O–H groups in total. The number of carbonyl (C=O) groups is 1. The molecule has 0 atom stereocenters. The Morgan fingerprint density at radius 3 is 2.50 bits per heavy atom. The zero-order valence-electron chi connectivity index (χ0n) is 10.4. The Morgan fingerprint density at radius 1 is 1.15 bits per heavy atom. The van der Waals surface area contributed by atoms with Crippen LogP contribution in [0.5, 0.6) is 5.75 Å². The summed E-state index contributed by atoms with van der Waals surface area (Å²) in [6, 6.07) is 11.6. The first-order valence-electron chi connectivity index (χ1n) is 5.78. The van der Waals surface area contributed by atoms with Gasteiger partial charge in [0.2, 0.25) is 0 Å². The normalized spacial score (nSPS) is 10.1. The number of ether oxygens (including phenoxy) is 1. The largest absolute Gasteiger partial charge is 0.482 e. The lowest BCUT2D eigenvalue weighted by Crippen LogP contribution is -2.20. The van der Waals surface area contributed by atoms with Gasteiger partial charge in [0.05, 0.1) is 5.02 Å². The highest BCUT2D eigenvalue weighted by atomic mass is 35.5. The number of amides is 1. The van der Waals surface area contributed by atoms with Crippen LogP contribution in [0.2, 0.25) is 10.0 Å². The minimum Gasteiger partial charge on any atom is -0.482 e. The average molecular weight is 311 g/mol. The first kappa shape index (κ1) is 14.5. The maximum atomic E-state index is 11.7. The van der Waals surface area contributed by atoms with E-state index >= 15 is 0 Å². The van der Waals surface area contributed by atoms with Crippen molar-refractivity contribution in [1.82, 2.24) is 0 Å². The van der Waals surface area contributed by atoms with Gasteiger partial charge in [0.15, 0.2) is 6.61 Å². The molecule has 0 radical (unpaired) electrons. The van der Waals surface area contributed by atoms with Gasteiger partial charge in [-0.3, -0.25) is 4.79 Å². The summed E-state index contributed by atoms with van der Waals surface area (Å²) >= 11 is 11.7. The van der Waals surface area contributed by atoms with Crippen molar-refractivity contribution in [3.63, 3.8) is 0 Å². The number of halogens is 2. The molecule has 0 heterocycles. The predicted molar refractivity (Wildman–Crippen MR) is 81.4 cm³/mol. The molecule has 2 rings (SSSR count). The highest BCUT2D eigenvalue weighted by Crippen LogP contribution is 2.26. The number of anilines is 2. The van der Waals surface area contributed by atoms with Crippen LogP contribution in [0.3, 0.4) is 0 Å². The van der Waals surface area contributed by atoms with Crippen molar-refractivity contribution >= 4 is 40.5 Å². The molecule has 0 unspecified atom stereocenters. The molecule has 4 nitrogen and oxygen atoms in total. The fourth-order valence-corrected chi connectivity index (χ4v) is 1.88. The Bertz CT molecular complexity index is 615. The monoisotopic (exact) mass is 310 g/mol. The first-order valence-corrected chi connectivity index (χ1v) is 6.53. The third-order valence-corrected chi connectivity index (χ3v) is 2.99. The Balaban J connectivity index is 1.90. The van der Waals surface area contributed by atoms with E-state index in [1.807, 2.05) is 0 Å². The van der Waals surface area contributed by atoms with Gasteiger partial charge in [-0.1, -0.05) is 23.2 Å². The van der Waals surface area contributed by atoms with E-state index in [9.17, 15) is 4.79 Å². The number of nitrogen functional groups attached to an aromatic ring is 1. The van der Waals surface area contributed by atoms with Gasteiger partial charge in [0.25, 0.3) is 5.91 Å². The SMILES string of the molecule is Nc1ccc(OCC(=O)Nc2ccc(Cl)cc2)c(Cl)c1. The Labute approximate surface area is 126 Å². The minimum absolute atomic E-state index is 0.147. The molecule has 6 heteroatoms. The van der Waals surface area contributed by atoms with Gasteiger partial charge in [-0.15, -0.1) is 0 Å². The zero-order valence-corrected chi connectivity index (χ0v) is 11.9. The Morgan fingerprint density at radius 2 is 1.85 bits per heavy atom. The van der Waals surface area contributed by atoms with Crippen molar-refractivity contribution in [2.45, 2.75) is 0 Å². The molecule has 104 valence electrons. The fourth-order valence-electron chi connectivity index (χ4n) is 1.51. The van der Waals surface area contributed by atoms with Crippen molar-refractivity contribution in [3.05, 3.63) is 52.5 Å². The molecule has 0 fully saturated rings. The van der Waals surface area contributed by atoms with Crippen LogP contribution in [0.15, 0.2) is 42.5 Å². The second kappa shape index (κ2) is 6.50. The summed E-state index contributed by atoms with van der Waals surface area (Å²) < 4.78 is 5.32. The van der Waals surface area contributed by atoms with Crippen molar-refractivity contribution < 1.29 is 9.53 Å². The predicted octanol–water partition coefficient (Wildman–Crippen LogP) is 3.59. The van der Waals surface area contributed by atoms with Crippen molar-refractivity contribution in [2.75, 3.05) is 17.7 Å². The molecule has 2 aromatic carbocycles. The van der Waals surface area contributed by atoms with Crippen molar-refractivity contribution in [1.29, 1.82) is 0 Å². The molecule has 0 aliphatic heterocycles. The van der Waals surface area contributed by atoms with Crippen LogP contribution in [0.4, 0.5) is 11.4 Å². The van der Waals surface area contributed by atoms with E-state index in [1.54, 1.807) is 42.5 Å². The van der Waals surface area contributed by atoms with E-state index in [0.29, 0.717) is 27.2 Å². The maximum absolute atomic E-state index is 11.7. The van der Waals surface area contributed by atoms with Gasteiger partial charge in [0.1, 0.15) is 5.75 Å². The van der Waals surface area contributed by atoms with E-state index < -0.39 is 0 Å². The van der Waals surface area contributed by atoms with Gasteiger partial charge < -0.3 is 15.8 Å². The molecule has 0 aliphatic carbocycles. The van der Waals surface area contributed by atoms with E-state index in [1.165, 1.54) is 0 Å². The highest BCUT2D eigenvalue weighted by molar-refractivity contribution is 6.32. The van der Waals surface area contributed by atoms with Gasteiger partial charge in [-0.05, 0) is 42.5 Å². The molecule has 0 saturated carbocycles. The highest BCUT2D eigenvalue weighted by Gasteiger charge is 2.06. The third kappa shape index (κ3) is 4.05. The van der Waals surface area contributed by atoms with E-state index in [0.717, 1.165) is 0 Å². The Kier molecular flexibility index (Phi) is 4.71. The smallest absolute Gasteiger partial charge is 0.262 e. The lowest BCUT2D eigenvalue weighted by atomic mass is 10.3. The summed E-state index contributed by atoms with van der Waals surface area (Å²) in [7, 11) is 0. The third-order valence-electron chi connectivity index (χ3n) is 2.44. The lowest BCUT2D eigenvalue weighted by molar-refractivity contribution is -0.118. The van der Waals surface area contributed by atoms with Crippen molar-refractivity contribution in [3.8, 4) is 5.75 Å². The summed E-state index contributed by atoms with van der Waals surface area (Å²) in [5.74, 6) is 0.118. The molecule has 1 amide bonds. The number of benzene rings is 2. The Hall–Kier alpha value is -1.91. The number of carbonyl (C=O) groups excluding carboxylic acids is 1. The number of nitrogens with one attached hydrogen (secondary N) is 1. The van der Waals surface area contributed by atoms with E-state index in [2.05, 4.69) is 5.32 Å². The molecule has 0 aliphatic rings. The summed E-state index contributed by atoms with van der Waals surface area (Å²) in [5.41, 5.74) is 6.75. The second-order valence-electron chi connectivity index (χ2n) is 4.03. The standard InChI is InChI=1S/C14H12Cl2N2O2/c15-9-1-4-11(5-2-9)18-14(19)8-20-13-6-3-10(17)7-12(13)16/h1-7H,8,17H2,(H,18,19). The number of rotatable bonds is 4. The number of hydrogen-bond acceptors (Lipinski definition) is 3. The van der Waals surface area contributed by atoms with Gasteiger partial charge >= 0.3 is 0 Å². The lowest BCUT2D eigenvalue weighted by Gasteiger charge is -2.09. The molecule has 0 aromatic heterocycles. The van der Waals surface area contributed by atoms with Crippen LogP contribution in [0.25, 0.3) is 0 Å². The van der Waals surface area contributed by atoms with Crippen LogP contribution >= 0.6 is 23.2 Å². The zero-order chi connectivity index (χ0) is 14.5. The topological polar surface area (TPSA) is 64.3 Å². The van der Waals surface area contributed by atoms with Gasteiger partial charge in [-0.25, -0.2) is 0 Å². The van der Waals surface area contributed by atoms with Gasteiger partial charge in [0, 0.05) is 16.4 Å². The summed E-state index contributed by atoms with van der Waals surface area (Å²) in [4.78, 5) is 11.7. The van der Waals surface area contributed by atoms with Crippen LogP contribution in [0.1, 0.15) is 0 Å². The fraction of sp³-hybridized carbons (Fsp3) is 0.0714. The minimum atomic E-state index is -0.291. The average Bonchev–Trinajstić information content (AvgIpc) is 2.40. The summed E-state index contributed by atoms with van der Waals surface area (Å²) in [6.45, 7) is -0.147. The van der Waals surface area contributed by atoms with E-state index in [-0.39, 0.29) is 12.5 Å². The number of nitrogens with two attached hydrogens (primary N) is 1.